The highest BCUT2D eigenvalue weighted by Crippen LogP contribution is 2.09. The van der Waals surface area contributed by atoms with Crippen molar-refractivity contribution in [2.75, 3.05) is 20.6 Å². The Labute approximate surface area is 195 Å². The van der Waals surface area contributed by atoms with Crippen LogP contribution in [0.1, 0.15) is 16.7 Å². The maximum absolute atomic E-state index is 11.9. The molecule has 0 unspecified atom stereocenters. The Kier molecular flexibility index (Phi) is 10.2. The van der Waals surface area contributed by atoms with Gasteiger partial charge in [0.1, 0.15) is 0 Å². The number of rotatable bonds is 7. The number of carbonyl (C=O) groups excluding carboxylic acids is 1. The van der Waals surface area contributed by atoms with E-state index in [2.05, 4.69) is 15.6 Å². The van der Waals surface area contributed by atoms with Crippen LogP contribution in [0.25, 0.3) is 0 Å². The number of aliphatic imine (C=N–C) groups is 1. The number of nitrogens with two attached hydrogens (primary N) is 1. The molecule has 0 fully saturated rings. The number of benzene rings is 2. The number of aryl methyl sites for hydroxylation is 1. The fourth-order valence-electron chi connectivity index (χ4n) is 2.34. The minimum absolute atomic E-state index is 0. The lowest BCUT2D eigenvalue weighted by Crippen LogP contribution is -2.42. The molecule has 0 aliphatic rings. The highest BCUT2D eigenvalue weighted by Gasteiger charge is 2.08. The molecule has 0 aliphatic carbocycles. The summed E-state index contributed by atoms with van der Waals surface area (Å²) < 4.78 is 22.7. The Morgan fingerprint density at radius 3 is 2.10 bits per heavy atom. The van der Waals surface area contributed by atoms with E-state index in [0.29, 0.717) is 19.0 Å². The molecule has 0 aromatic heterocycles. The SMILES string of the molecule is Cc1ccc(CNC(=NCc2ccc(S(N)(=O)=O)cc2)NCC(=O)N(C)C)cc1.I. The van der Waals surface area contributed by atoms with Gasteiger partial charge in [0, 0.05) is 20.6 Å². The van der Waals surface area contributed by atoms with E-state index in [9.17, 15) is 13.2 Å². The van der Waals surface area contributed by atoms with Gasteiger partial charge in [0.05, 0.1) is 18.0 Å². The molecule has 0 saturated heterocycles. The quantitative estimate of drug-likeness (QED) is 0.278. The van der Waals surface area contributed by atoms with Crippen LogP contribution in [-0.4, -0.2) is 45.8 Å². The minimum atomic E-state index is -3.72. The van der Waals surface area contributed by atoms with Crippen LogP contribution in [-0.2, 0) is 27.9 Å². The third-order valence-electron chi connectivity index (χ3n) is 4.16. The van der Waals surface area contributed by atoms with Gasteiger partial charge in [0.15, 0.2) is 5.96 Å². The number of primary sulfonamides is 1. The van der Waals surface area contributed by atoms with Crippen LogP contribution in [0.4, 0.5) is 0 Å². The summed E-state index contributed by atoms with van der Waals surface area (Å²) in [6.07, 6.45) is 0. The van der Waals surface area contributed by atoms with E-state index in [4.69, 9.17) is 5.14 Å². The molecule has 1 amide bonds. The van der Waals surface area contributed by atoms with Crippen LogP contribution in [0.15, 0.2) is 58.4 Å². The van der Waals surface area contributed by atoms with E-state index in [0.717, 1.165) is 11.1 Å². The number of guanidine groups is 1. The molecule has 10 heteroatoms. The van der Waals surface area contributed by atoms with Gasteiger partial charge in [-0.15, -0.1) is 24.0 Å². The fraction of sp³-hybridized carbons (Fsp3) is 0.300. The number of halogens is 1. The second-order valence-corrected chi connectivity index (χ2v) is 8.40. The van der Waals surface area contributed by atoms with Crippen molar-refractivity contribution in [3.05, 3.63) is 65.2 Å². The number of likely N-dealkylation sites (N-methyl/N-ethyl adjacent to an activating group) is 1. The van der Waals surface area contributed by atoms with E-state index < -0.39 is 10.0 Å². The molecular formula is C20H28IN5O3S. The van der Waals surface area contributed by atoms with E-state index in [1.807, 2.05) is 31.2 Å². The number of hydrogen-bond acceptors (Lipinski definition) is 4. The number of carbonyl (C=O) groups is 1. The summed E-state index contributed by atoms with van der Waals surface area (Å²) >= 11 is 0. The molecule has 0 atom stereocenters. The number of amides is 1. The van der Waals surface area contributed by atoms with Crippen LogP contribution in [0.3, 0.4) is 0 Å². The number of hydrogen-bond donors (Lipinski definition) is 3. The number of nitrogens with zero attached hydrogens (tertiary/aromatic N) is 2. The maximum atomic E-state index is 11.9. The Morgan fingerprint density at radius 1 is 1.00 bits per heavy atom. The Hall–Kier alpha value is -2.18. The third-order valence-corrected chi connectivity index (χ3v) is 5.09. The fourth-order valence-corrected chi connectivity index (χ4v) is 2.85. The Balaban J connectivity index is 0.00000450. The van der Waals surface area contributed by atoms with Crippen molar-refractivity contribution in [1.29, 1.82) is 0 Å². The predicted molar refractivity (Wildman–Crippen MR) is 129 cm³/mol. The highest BCUT2D eigenvalue weighted by atomic mass is 127. The lowest BCUT2D eigenvalue weighted by Gasteiger charge is -2.15. The van der Waals surface area contributed by atoms with E-state index in [1.165, 1.54) is 22.6 Å². The Bertz CT molecular complexity index is 959. The standard InChI is InChI=1S/C20H27N5O3S.HI/c1-15-4-6-16(7-5-15)12-22-20(24-14-19(26)25(2)3)23-13-17-8-10-18(11-9-17)29(21,27)28;/h4-11H,12-14H2,1-3H3,(H2,21,27,28)(H2,22,23,24);1H. The zero-order chi connectivity index (χ0) is 21.4. The van der Waals surface area contributed by atoms with Gasteiger partial charge in [-0.05, 0) is 30.2 Å². The zero-order valence-corrected chi connectivity index (χ0v) is 20.4. The first-order valence-electron chi connectivity index (χ1n) is 9.05. The van der Waals surface area contributed by atoms with Gasteiger partial charge in [0.2, 0.25) is 15.9 Å². The summed E-state index contributed by atoms with van der Waals surface area (Å²) in [5, 5.41) is 11.3. The molecule has 0 heterocycles. The average molecular weight is 545 g/mol. The summed E-state index contributed by atoms with van der Waals surface area (Å²) in [5.74, 6) is 0.406. The summed E-state index contributed by atoms with van der Waals surface area (Å²) in [4.78, 5) is 17.9. The van der Waals surface area contributed by atoms with Crippen molar-refractivity contribution in [2.45, 2.75) is 24.9 Å². The molecular weight excluding hydrogens is 517 g/mol. The molecule has 2 aromatic carbocycles. The monoisotopic (exact) mass is 545 g/mol. The molecule has 8 nitrogen and oxygen atoms in total. The summed E-state index contributed by atoms with van der Waals surface area (Å²) in [7, 11) is -0.346. The first-order chi connectivity index (χ1) is 13.6. The highest BCUT2D eigenvalue weighted by molar-refractivity contribution is 14.0. The lowest BCUT2D eigenvalue weighted by molar-refractivity contribution is -0.127. The first-order valence-corrected chi connectivity index (χ1v) is 10.6. The minimum Gasteiger partial charge on any atom is -0.352 e. The van der Waals surface area contributed by atoms with E-state index >= 15 is 0 Å². The average Bonchev–Trinajstić information content (AvgIpc) is 2.68. The summed E-state index contributed by atoms with van der Waals surface area (Å²) in [6, 6.07) is 14.3. The van der Waals surface area contributed by atoms with E-state index in [1.54, 1.807) is 26.2 Å². The second-order valence-electron chi connectivity index (χ2n) is 6.83. The van der Waals surface area contributed by atoms with Crippen molar-refractivity contribution < 1.29 is 13.2 Å². The normalized spacial score (nSPS) is 11.4. The van der Waals surface area contributed by atoms with Crippen molar-refractivity contribution >= 4 is 45.9 Å². The molecule has 30 heavy (non-hydrogen) atoms. The number of nitrogens with one attached hydrogen (secondary N) is 2. The summed E-state index contributed by atoms with van der Waals surface area (Å²) in [6.45, 7) is 2.99. The molecule has 0 spiro atoms. The van der Waals surface area contributed by atoms with Gasteiger partial charge in [0.25, 0.3) is 0 Å². The molecule has 2 aromatic rings. The topological polar surface area (TPSA) is 117 Å². The smallest absolute Gasteiger partial charge is 0.241 e. The maximum Gasteiger partial charge on any atom is 0.241 e. The van der Waals surface area contributed by atoms with Gasteiger partial charge in [-0.2, -0.15) is 0 Å². The predicted octanol–water partition coefficient (Wildman–Crippen LogP) is 1.58. The lowest BCUT2D eigenvalue weighted by atomic mass is 10.1. The van der Waals surface area contributed by atoms with Crippen molar-refractivity contribution in [3.8, 4) is 0 Å². The van der Waals surface area contributed by atoms with Gasteiger partial charge >= 0.3 is 0 Å². The molecule has 4 N–H and O–H groups in total. The molecule has 0 radical (unpaired) electrons. The second kappa shape index (κ2) is 11.9. The Morgan fingerprint density at radius 2 is 1.57 bits per heavy atom. The van der Waals surface area contributed by atoms with Gasteiger partial charge in [-0.1, -0.05) is 42.0 Å². The molecule has 0 aliphatic heterocycles. The van der Waals surface area contributed by atoms with Crippen molar-refractivity contribution in [1.82, 2.24) is 15.5 Å². The largest absolute Gasteiger partial charge is 0.352 e. The molecule has 0 bridgehead atoms. The van der Waals surface area contributed by atoms with Crippen molar-refractivity contribution in [3.63, 3.8) is 0 Å². The van der Waals surface area contributed by atoms with Crippen LogP contribution < -0.4 is 15.8 Å². The molecule has 164 valence electrons. The van der Waals surface area contributed by atoms with Crippen molar-refractivity contribution in [2.24, 2.45) is 10.1 Å². The zero-order valence-electron chi connectivity index (χ0n) is 17.3. The number of sulfonamides is 1. The van der Waals surface area contributed by atoms with Crippen LogP contribution in [0.5, 0.6) is 0 Å². The summed E-state index contributed by atoms with van der Waals surface area (Å²) in [5.41, 5.74) is 3.08. The van der Waals surface area contributed by atoms with Crippen LogP contribution in [0, 0.1) is 6.92 Å². The molecule has 0 saturated carbocycles. The van der Waals surface area contributed by atoms with Crippen LogP contribution in [0.2, 0.25) is 0 Å². The third kappa shape index (κ3) is 8.67. The van der Waals surface area contributed by atoms with Crippen LogP contribution >= 0.6 is 24.0 Å². The van der Waals surface area contributed by atoms with Gasteiger partial charge in [-0.3, -0.25) is 4.79 Å². The first kappa shape index (κ1) is 25.9. The van der Waals surface area contributed by atoms with Gasteiger partial charge in [-0.25, -0.2) is 18.5 Å². The van der Waals surface area contributed by atoms with Gasteiger partial charge < -0.3 is 15.5 Å². The molecule has 2 rings (SSSR count). The van der Waals surface area contributed by atoms with E-state index in [-0.39, 0.29) is 41.3 Å².